The van der Waals surface area contributed by atoms with Crippen molar-refractivity contribution in [2.75, 3.05) is 13.7 Å². The highest BCUT2D eigenvalue weighted by molar-refractivity contribution is 6.07. The van der Waals surface area contributed by atoms with Crippen molar-refractivity contribution in [3.63, 3.8) is 0 Å². The van der Waals surface area contributed by atoms with Gasteiger partial charge in [0.05, 0.1) is 13.0 Å². The second-order valence-electron chi connectivity index (χ2n) is 4.28. The average Bonchev–Trinajstić information content (AvgIpc) is 2.80. The Hall–Kier alpha value is -2.37. The smallest absolute Gasteiger partial charge is 0.308 e. The van der Waals surface area contributed by atoms with Crippen LogP contribution in [-0.4, -0.2) is 41.4 Å². The molecule has 0 bridgehead atoms. The number of rotatable bonds is 3. The van der Waals surface area contributed by atoms with Gasteiger partial charge in [0.25, 0.3) is 5.91 Å². The molecular weight excluding hydrogens is 250 g/mol. The first-order valence-electron chi connectivity index (χ1n) is 5.74. The number of aliphatic carboxylic acids is 1. The van der Waals surface area contributed by atoms with Crippen molar-refractivity contribution in [3.05, 3.63) is 29.8 Å². The minimum Gasteiger partial charge on any atom is -0.497 e. The lowest BCUT2D eigenvalue weighted by Crippen LogP contribution is -2.33. The Balaban J connectivity index is 2.20. The van der Waals surface area contributed by atoms with Gasteiger partial charge in [0.1, 0.15) is 5.75 Å². The molecule has 1 fully saturated rings. The Morgan fingerprint density at radius 2 is 2.16 bits per heavy atom. The third-order valence-corrected chi connectivity index (χ3v) is 3.04. The third kappa shape index (κ3) is 2.57. The van der Waals surface area contributed by atoms with Crippen molar-refractivity contribution in [1.29, 1.82) is 0 Å². The van der Waals surface area contributed by atoms with Crippen molar-refractivity contribution in [3.8, 4) is 5.75 Å². The molecule has 100 valence electrons. The largest absolute Gasteiger partial charge is 0.497 e. The fourth-order valence-electron chi connectivity index (χ4n) is 1.98. The Bertz CT molecular complexity index is 540. The molecule has 0 spiro atoms. The SMILES string of the molecule is COc1cccc(C(=O)N2CC(C(=O)O)CC2=O)c1. The molecule has 6 heteroatoms. The van der Waals surface area contributed by atoms with Gasteiger partial charge in [-0.05, 0) is 18.2 Å². The summed E-state index contributed by atoms with van der Waals surface area (Å²) >= 11 is 0. The van der Waals surface area contributed by atoms with Crippen molar-refractivity contribution < 1.29 is 24.2 Å². The van der Waals surface area contributed by atoms with Gasteiger partial charge in [0.2, 0.25) is 5.91 Å². The maximum absolute atomic E-state index is 12.2. The Morgan fingerprint density at radius 1 is 1.42 bits per heavy atom. The van der Waals surface area contributed by atoms with Gasteiger partial charge in [-0.15, -0.1) is 0 Å². The van der Waals surface area contributed by atoms with Gasteiger partial charge >= 0.3 is 5.97 Å². The van der Waals surface area contributed by atoms with Crippen molar-refractivity contribution >= 4 is 17.8 Å². The van der Waals surface area contributed by atoms with Gasteiger partial charge in [-0.1, -0.05) is 6.07 Å². The van der Waals surface area contributed by atoms with Gasteiger partial charge in [-0.25, -0.2) is 0 Å². The van der Waals surface area contributed by atoms with E-state index in [1.807, 2.05) is 0 Å². The number of hydrogen-bond donors (Lipinski definition) is 1. The second-order valence-corrected chi connectivity index (χ2v) is 4.28. The highest BCUT2D eigenvalue weighted by Crippen LogP contribution is 2.22. The van der Waals surface area contributed by atoms with E-state index in [9.17, 15) is 14.4 Å². The zero-order valence-corrected chi connectivity index (χ0v) is 10.3. The maximum atomic E-state index is 12.2. The summed E-state index contributed by atoms with van der Waals surface area (Å²) in [5, 5.41) is 8.87. The number of benzene rings is 1. The van der Waals surface area contributed by atoms with E-state index in [0.29, 0.717) is 11.3 Å². The summed E-state index contributed by atoms with van der Waals surface area (Å²) in [4.78, 5) is 35.6. The van der Waals surface area contributed by atoms with Gasteiger partial charge in [-0.3, -0.25) is 19.3 Å². The first-order valence-corrected chi connectivity index (χ1v) is 5.74. The lowest BCUT2D eigenvalue weighted by molar-refractivity contribution is -0.141. The predicted octanol–water partition coefficient (Wildman–Crippen LogP) is 0.768. The van der Waals surface area contributed by atoms with Crippen LogP contribution in [0.3, 0.4) is 0 Å². The summed E-state index contributed by atoms with van der Waals surface area (Å²) in [6, 6.07) is 6.40. The molecule has 0 aliphatic carbocycles. The van der Waals surface area contributed by atoms with Crippen LogP contribution in [0, 0.1) is 5.92 Å². The van der Waals surface area contributed by atoms with Gasteiger partial charge in [0, 0.05) is 18.5 Å². The molecule has 1 heterocycles. The number of hydrogen-bond acceptors (Lipinski definition) is 4. The summed E-state index contributed by atoms with van der Waals surface area (Å²) in [7, 11) is 1.48. The predicted molar refractivity (Wildman–Crippen MR) is 64.8 cm³/mol. The summed E-state index contributed by atoms with van der Waals surface area (Å²) in [6.07, 6.45) is -0.134. The third-order valence-electron chi connectivity index (χ3n) is 3.04. The number of methoxy groups -OCH3 is 1. The number of carboxylic acid groups (broad SMARTS) is 1. The summed E-state index contributed by atoms with van der Waals surface area (Å²) in [6.45, 7) is -0.0792. The highest BCUT2D eigenvalue weighted by atomic mass is 16.5. The van der Waals surface area contributed by atoms with Gasteiger partial charge in [-0.2, -0.15) is 0 Å². The van der Waals surface area contributed by atoms with Crippen LogP contribution in [-0.2, 0) is 9.59 Å². The van der Waals surface area contributed by atoms with E-state index >= 15 is 0 Å². The van der Waals surface area contributed by atoms with E-state index in [-0.39, 0.29) is 13.0 Å². The fraction of sp³-hybridized carbons (Fsp3) is 0.308. The van der Waals surface area contributed by atoms with Gasteiger partial charge < -0.3 is 9.84 Å². The lowest BCUT2D eigenvalue weighted by Gasteiger charge is -2.14. The summed E-state index contributed by atoms with van der Waals surface area (Å²) in [5.41, 5.74) is 0.304. The number of amides is 2. The molecule has 0 radical (unpaired) electrons. The normalized spacial score (nSPS) is 18.5. The first kappa shape index (κ1) is 13.1. The minimum absolute atomic E-state index is 0.0792. The molecular formula is C13H13NO5. The molecule has 1 aliphatic rings. The molecule has 2 amide bonds. The van der Waals surface area contributed by atoms with Crippen LogP contribution >= 0.6 is 0 Å². The van der Waals surface area contributed by atoms with Crippen LogP contribution in [0.15, 0.2) is 24.3 Å². The van der Waals surface area contributed by atoms with Crippen LogP contribution < -0.4 is 4.74 Å². The highest BCUT2D eigenvalue weighted by Gasteiger charge is 2.38. The van der Waals surface area contributed by atoms with E-state index < -0.39 is 23.7 Å². The first-order chi connectivity index (χ1) is 9.02. The maximum Gasteiger partial charge on any atom is 0.308 e. The monoisotopic (exact) mass is 263 g/mol. The number of carboxylic acids is 1. The quantitative estimate of drug-likeness (QED) is 0.814. The molecule has 0 saturated carbocycles. The zero-order valence-electron chi connectivity index (χ0n) is 10.3. The van der Waals surface area contributed by atoms with Crippen molar-refractivity contribution in [2.24, 2.45) is 5.92 Å². The Kier molecular flexibility index (Phi) is 3.50. The standard InChI is InChI=1S/C13H13NO5/c1-19-10-4-2-3-8(5-10)12(16)14-7-9(13(17)18)6-11(14)15/h2-5,9H,6-7H2,1H3,(H,17,18). The molecule has 1 aromatic carbocycles. The van der Waals surface area contributed by atoms with Crippen molar-refractivity contribution in [2.45, 2.75) is 6.42 Å². The minimum atomic E-state index is -1.06. The van der Waals surface area contributed by atoms with Crippen molar-refractivity contribution in [1.82, 2.24) is 4.90 Å². The Morgan fingerprint density at radius 3 is 2.74 bits per heavy atom. The van der Waals surface area contributed by atoms with Crippen LogP contribution in [0.2, 0.25) is 0 Å². The Labute approximate surface area is 109 Å². The average molecular weight is 263 g/mol. The van der Waals surface area contributed by atoms with E-state index in [4.69, 9.17) is 9.84 Å². The second kappa shape index (κ2) is 5.09. The molecule has 6 nitrogen and oxygen atoms in total. The molecule has 19 heavy (non-hydrogen) atoms. The number of carbonyl (C=O) groups excluding carboxylic acids is 2. The fourth-order valence-corrected chi connectivity index (χ4v) is 1.98. The number of carbonyl (C=O) groups is 3. The van der Waals surface area contributed by atoms with E-state index in [1.54, 1.807) is 18.2 Å². The zero-order chi connectivity index (χ0) is 14.0. The molecule has 2 rings (SSSR count). The number of ether oxygens (including phenoxy) is 1. The van der Waals surface area contributed by atoms with Crippen LogP contribution in [0.1, 0.15) is 16.8 Å². The van der Waals surface area contributed by atoms with E-state index in [0.717, 1.165) is 4.90 Å². The van der Waals surface area contributed by atoms with Crippen LogP contribution in [0.25, 0.3) is 0 Å². The lowest BCUT2D eigenvalue weighted by atomic mass is 10.1. The number of imide groups is 1. The summed E-state index contributed by atoms with van der Waals surface area (Å²) < 4.78 is 5.00. The van der Waals surface area contributed by atoms with E-state index in [1.165, 1.54) is 13.2 Å². The van der Waals surface area contributed by atoms with Crippen LogP contribution in [0.5, 0.6) is 5.75 Å². The number of nitrogens with zero attached hydrogens (tertiary/aromatic N) is 1. The van der Waals surface area contributed by atoms with E-state index in [2.05, 4.69) is 0 Å². The topological polar surface area (TPSA) is 83.9 Å². The number of likely N-dealkylation sites (tertiary alicyclic amines) is 1. The van der Waals surface area contributed by atoms with Crippen LogP contribution in [0.4, 0.5) is 0 Å². The molecule has 0 aromatic heterocycles. The molecule has 1 aliphatic heterocycles. The molecule has 1 saturated heterocycles. The van der Waals surface area contributed by atoms with Gasteiger partial charge in [0.15, 0.2) is 0 Å². The molecule has 1 N–H and O–H groups in total. The molecule has 1 aromatic rings. The summed E-state index contributed by atoms with van der Waals surface area (Å²) in [5.74, 6) is -2.32. The molecule has 1 unspecified atom stereocenters. The molecule has 1 atom stereocenters.